The molecule has 0 atom stereocenters. The first-order chi connectivity index (χ1) is 21.6. The number of nitro groups is 3. The lowest BCUT2D eigenvalue weighted by atomic mass is 9.19. The molecule has 0 unspecified atom stereocenters. The molecule has 0 radical (unpaired) electrons. The fourth-order valence-corrected chi connectivity index (χ4v) is 8.12. The molecule has 1 saturated carbocycles. The van der Waals surface area contributed by atoms with Gasteiger partial charge in [-0.25, -0.2) is 0 Å². The third kappa shape index (κ3) is 4.80. The summed E-state index contributed by atoms with van der Waals surface area (Å²) in [5.74, 6) is 0.211. The Morgan fingerprint density at radius 1 is 0.622 bits per heavy atom. The summed E-state index contributed by atoms with van der Waals surface area (Å²) in [7, 11) is 4.23. The Morgan fingerprint density at radius 3 is 1.53 bits per heavy atom. The zero-order valence-corrected chi connectivity index (χ0v) is 25.2. The van der Waals surface area contributed by atoms with Crippen LogP contribution in [0.3, 0.4) is 0 Å². The van der Waals surface area contributed by atoms with E-state index in [2.05, 4.69) is 26.2 Å². The van der Waals surface area contributed by atoms with Gasteiger partial charge in [0.25, 0.3) is 23.3 Å². The van der Waals surface area contributed by atoms with Crippen LogP contribution in [0.1, 0.15) is 43.2 Å². The molecule has 0 bridgehead atoms. The molecule has 0 aromatic heterocycles. The highest BCUT2D eigenvalue weighted by molar-refractivity contribution is 7.16. The first kappa shape index (κ1) is 29.9. The summed E-state index contributed by atoms with van der Waals surface area (Å²) in [6, 6.07) is 28.2. The summed E-state index contributed by atoms with van der Waals surface area (Å²) in [5.41, 5.74) is 6.74. The molecule has 1 heterocycles. The molecule has 0 spiro atoms. The van der Waals surface area contributed by atoms with E-state index in [0.717, 1.165) is 65.3 Å². The monoisotopic (exact) mass is 604 g/mol. The molecule has 1 aliphatic carbocycles. The molecule has 1 aliphatic heterocycles. The molecule has 6 rings (SSSR count). The number of non-ortho nitro benzene ring substituents is 3. The van der Waals surface area contributed by atoms with Gasteiger partial charge in [0.05, 0.1) is 20.5 Å². The topological polar surface area (TPSA) is 129 Å². The van der Waals surface area contributed by atoms with Gasteiger partial charge in [-0.2, -0.15) is 0 Å². The summed E-state index contributed by atoms with van der Waals surface area (Å²) >= 11 is 0. The molecule has 11 heteroatoms. The first-order valence-corrected chi connectivity index (χ1v) is 15.2. The van der Waals surface area contributed by atoms with Gasteiger partial charge in [-0.1, -0.05) is 78.9 Å². The van der Waals surface area contributed by atoms with E-state index < -0.39 is 21.1 Å². The lowest BCUT2D eigenvalue weighted by Gasteiger charge is -2.61. The van der Waals surface area contributed by atoms with Crippen molar-refractivity contribution in [1.29, 1.82) is 0 Å². The molecular formula is C34H33BN4O6. The molecule has 45 heavy (non-hydrogen) atoms. The predicted octanol–water partition coefficient (Wildman–Crippen LogP) is 6.78. The van der Waals surface area contributed by atoms with Gasteiger partial charge in [0.15, 0.2) is 0 Å². The van der Waals surface area contributed by atoms with Crippen molar-refractivity contribution >= 4 is 51.0 Å². The largest absolute Gasteiger partial charge is 0.474 e. The Labute approximate surface area is 260 Å². The lowest BCUT2D eigenvalue weighted by molar-refractivity contribution is -0.385. The van der Waals surface area contributed by atoms with E-state index in [1.54, 1.807) is 36.4 Å². The van der Waals surface area contributed by atoms with Crippen LogP contribution in [0.4, 0.5) is 22.7 Å². The molecule has 0 amide bonds. The second kappa shape index (κ2) is 11.4. The van der Waals surface area contributed by atoms with Gasteiger partial charge in [0, 0.05) is 56.1 Å². The molecular weight excluding hydrogens is 571 g/mol. The second-order valence-electron chi connectivity index (χ2n) is 12.5. The standard InChI is InChI=1S/C34H33BN4O6/c1-39(2)32-11-7-6-10-31(32)33(24-8-4-3-5-9-24)34(25-12-18-28(19-13-25)36(40)41)35(39,26-14-20-29(21-15-26)37(42)43)27-16-22-30(23-17-27)38(44)45/h6-7,10-24H,3-5,8-9H2,1-2H3. The molecule has 228 valence electrons. The maximum Gasteiger partial charge on any atom is 0.296 e. The van der Waals surface area contributed by atoms with Crippen molar-refractivity contribution in [3.63, 3.8) is 0 Å². The van der Waals surface area contributed by atoms with Crippen LogP contribution in [0.2, 0.25) is 0 Å². The Hall–Kier alpha value is -5.16. The molecule has 0 N–H and O–H groups in total. The van der Waals surface area contributed by atoms with Gasteiger partial charge in [-0.15, -0.1) is 16.4 Å². The second-order valence-corrected chi connectivity index (χ2v) is 12.5. The molecule has 0 saturated heterocycles. The van der Waals surface area contributed by atoms with Gasteiger partial charge in [0.2, 0.25) is 0 Å². The molecule has 4 aromatic carbocycles. The SMILES string of the molecule is C[N+]1(C)c2ccccc2C(C2CCCCC2)=C(c2ccc([N+](=O)[O-])cc2)[B-]1(c1ccc([N+](=O)[O-])cc1)c1ccc([N+](=O)[O-])cc1. The Kier molecular flexibility index (Phi) is 7.58. The van der Waals surface area contributed by atoms with Gasteiger partial charge in [0.1, 0.15) is 0 Å². The van der Waals surface area contributed by atoms with Crippen LogP contribution >= 0.6 is 0 Å². The van der Waals surface area contributed by atoms with E-state index in [-0.39, 0.29) is 23.0 Å². The Bertz CT molecular complexity index is 1770. The van der Waals surface area contributed by atoms with Crippen LogP contribution in [-0.2, 0) is 0 Å². The van der Waals surface area contributed by atoms with Crippen molar-refractivity contribution in [1.82, 2.24) is 4.39 Å². The zero-order valence-electron chi connectivity index (χ0n) is 25.2. The fourth-order valence-electron chi connectivity index (χ4n) is 8.12. The number of para-hydroxylation sites is 1. The summed E-state index contributed by atoms with van der Waals surface area (Å²) in [4.78, 5) is 33.9. The number of hydrogen-bond acceptors (Lipinski definition) is 6. The number of fused-ring (bicyclic) bond motifs is 1. The minimum absolute atomic E-state index is 0.0210. The average Bonchev–Trinajstić information content (AvgIpc) is 3.05. The molecule has 10 nitrogen and oxygen atoms in total. The van der Waals surface area contributed by atoms with Crippen molar-refractivity contribution in [3.05, 3.63) is 139 Å². The van der Waals surface area contributed by atoms with E-state index in [9.17, 15) is 30.3 Å². The number of rotatable bonds is 7. The van der Waals surface area contributed by atoms with Crippen molar-refractivity contribution in [2.45, 2.75) is 32.1 Å². The zero-order chi connectivity index (χ0) is 31.9. The minimum atomic E-state index is -2.10. The fraction of sp³-hybridized carbons (Fsp3) is 0.235. The lowest BCUT2D eigenvalue weighted by Crippen LogP contribution is -2.80. The summed E-state index contributed by atoms with van der Waals surface area (Å²) in [6.45, 7) is 0. The number of benzene rings is 4. The molecule has 2 aliphatic rings. The first-order valence-electron chi connectivity index (χ1n) is 15.2. The van der Waals surface area contributed by atoms with Gasteiger partial charge in [-0.05, 0) is 30.9 Å². The van der Waals surface area contributed by atoms with Crippen molar-refractivity contribution < 1.29 is 14.8 Å². The third-order valence-electron chi connectivity index (χ3n) is 10.1. The highest BCUT2D eigenvalue weighted by atomic mass is 16.6. The minimum Gasteiger partial charge on any atom is -0.474 e. The van der Waals surface area contributed by atoms with E-state index in [0.29, 0.717) is 4.39 Å². The van der Waals surface area contributed by atoms with Gasteiger partial charge < -0.3 is 4.39 Å². The predicted molar refractivity (Wildman–Crippen MR) is 178 cm³/mol. The average molecular weight is 604 g/mol. The van der Waals surface area contributed by atoms with Crippen LogP contribution < -0.4 is 15.3 Å². The highest BCUT2D eigenvalue weighted by Gasteiger charge is 2.54. The van der Waals surface area contributed by atoms with Gasteiger partial charge in [-0.3, -0.25) is 30.3 Å². The maximum atomic E-state index is 11.7. The number of nitro benzene ring substituents is 3. The Balaban J connectivity index is 1.81. The summed E-state index contributed by atoms with van der Waals surface area (Å²) < 4.78 is 0.314. The van der Waals surface area contributed by atoms with Crippen LogP contribution in [0, 0.1) is 36.3 Å². The van der Waals surface area contributed by atoms with Crippen molar-refractivity contribution in [3.8, 4) is 0 Å². The van der Waals surface area contributed by atoms with Crippen LogP contribution in [0.5, 0.6) is 0 Å². The number of quaternary nitrogens is 1. The summed E-state index contributed by atoms with van der Waals surface area (Å²) in [5, 5.41) is 35.2. The third-order valence-corrected chi connectivity index (χ3v) is 10.1. The summed E-state index contributed by atoms with van der Waals surface area (Å²) in [6.07, 6.45) is 3.18. The number of nitrogens with zero attached hydrogens (tertiary/aromatic N) is 4. The van der Waals surface area contributed by atoms with Crippen molar-refractivity contribution in [2.24, 2.45) is 5.92 Å². The highest BCUT2D eigenvalue weighted by Crippen LogP contribution is 2.53. The maximum absolute atomic E-state index is 11.7. The number of hydrogen-bond donors (Lipinski definition) is 0. The van der Waals surface area contributed by atoms with Gasteiger partial charge >= 0.3 is 0 Å². The normalized spacial score (nSPS) is 17.4. The number of allylic oxidation sites excluding steroid dienone is 1. The van der Waals surface area contributed by atoms with Crippen LogP contribution in [0.25, 0.3) is 11.0 Å². The molecule has 4 aromatic rings. The molecule has 1 fully saturated rings. The quantitative estimate of drug-likeness (QED) is 0.130. The van der Waals surface area contributed by atoms with Crippen LogP contribution in [0.15, 0.2) is 97.1 Å². The smallest absolute Gasteiger partial charge is 0.296 e. The van der Waals surface area contributed by atoms with E-state index in [4.69, 9.17) is 0 Å². The van der Waals surface area contributed by atoms with Crippen LogP contribution in [-0.4, -0.2) is 35.1 Å². The van der Waals surface area contributed by atoms with E-state index >= 15 is 0 Å². The Morgan fingerprint density at radius 2 is 1.07 bits per heavy atom. The van der Waals surface area contributed by atoms with Crippen molar-refractivity contribution in [2.75, 3.05) is 14.1 Å². The van der Waals surface area contributed by atoms with E-state index in [1.165, 1.54) is 42.0 Å². The van der Waals surface area contributed by atoms with E-state index in [1.807, 2.05) is 12.1 Å².